The zero-order chi connectivity index (χ0) is 36.4. The lowest BCUT2D eigenvalue weighted by molar-refractivity contribution is -0.147. The van der Waals surface area contributed by atoms with Crippen molar-refractivity contribution in [1.82, 2.24) is 0 Å². The van der Waals surface area contributed by atoms with Crippen molar-refractivity contribution in [3.05, 3.63) is 89.5 Å². The van der Waals surface area contributed by atoms with Gasteiger partial charge in [0.2, 0.25) is 0 Å². The molecule has 0 aliphatic rings. The molecule has 11 heteroatoms. The summed E-state index contributed by atoms with van der Waals surface area (Å²) in [6.45, 7) is 28.4. The highest BCUT2D eigenvalue weighted by atomic mass is 28.4. The van der Waals surface area contributed by atoms with Crippen LogP contribution in [0.1, 0.15) is 52.7 Å². The molecule has 2 atom stereocenters. The number of carbonyl (C=O) groups excluding carboxylic acids is 2. The first kappa shape index (κ1) is 41.8. The molecule has 0 aliphatic carbocycles. The number of benzene rings is 2. The molecule has 0 saturated carbocycles. The van der Waals surface area contributed by atoms with Crippen LogP contribution in [-0.2, 0) is 31.7 Å². The minimum absolute atomic E-state index is 0.0179. The maximum atomic E-state index is 13.5. The molecule has 0 fully saturated rings. The Balaban J connectivity index is 2.36. The molecule has 0 amide bonds. The summed E-state index contributed by atoms with van der Waals surface area (Å²) in [5.74, 6) is -1.43. The van der Waals surface area contributed by atoms with E-state index in [1.807, 2.05) is 60.7 Å². The standard InChI is InChI=1S/C37H60O7Si4/c1-14-40-34(38)33(26-25-32(30-21-17-15-18-22-30)31-23-19-16-20-24-31)35(39)41-27-29(2)28-48(13,44-47(10,11)12)37(5,6)36(3,4)42-45-43-46(7,8)9/h15-26,29H,14,27-28,45H2,1-13H3/b33-26+. The molecule has 0 N–H and O–H groups in total. The minimum atomic E-state index is -2.54. The molecule has 7 nitrogen and oxygen atoms in total. The van der Waals surface area contributed by atoms with Crippen LogP contribution in [0.5, 0.6) is 0 Å². The second-order valence-electron chi connectivity index (χ2n) is 15.6. The van der Waals surface area contributed by atoms with Gasteiger partial charge in [-0.15, -0.1) is 0 Å². The predicted octanol–water partition coefficient (Wildman–Crippen LogP) is 8.64. The summed E-state index contributed by atoms with van der Waals surface area (Å²) in [5.41, 5.74) is 2.17. The molecule has 0 aliphatic heterocycles. The van der Waals surface area contributed by atoms with E-state index < -0.39 is 52.5 Å². The Morgan fingerprint density at radius 1 is 0.771 bits per heavy atom. The van der Waals surface area contributed by atoms with Crippen molar-refractivity contribution < 1.29 is 31.7 Å². The van der Waals surface area contributed by atoms with E-state index in [1.54, 1.807) is 13.0 Å². The van der Waals surface area contributed by atoms with Gasteiger partial charge in [-0.05, 0) is 101 Å². The molecule has 0 aromatic heterocycles. The zero-order valence-corrected chi connectivity index (χ0v) is 36.1. The average molecular weight is 729 g/mol. The molecule has 2 aromatic carbocycles. The Morgan fingerprint density at radius 3 is 1.73 bits per heavy atom. The zero-order valence-electron chi connectivity index (χ0n) is 31.7. The van der Waals surface area contributed by atoms with Crippen molar-refractivity contribution in [2.75, 3.05) is 13.2 Å². The van der Waals surface area contributed by atoms with E-state index in [4.69, 9.17) is 22.1 Å². The Hall–Kier alpha value is -2.39. The van der Waals surface area contributed by atoms with Crippen LogP contribution in [0.25, 0.3) is 5.57 Å². The maximum Gasteiger partial charge on any atom is 0.345 e. The van der Waals surface area contributed by atoms with E-state index in [0.717, 1.165) is 22.7 Å². The molecular weight excluding hydrogens is 669 g/mol. The summed E-state index contributed by atoms with van der Waals surface area (Å²) in [4.78, 5) is 26.6. The Bertz CT molecular complexity index is 1350. The maximum absolute atomic E-state index is 13.5. The third-order valence-corrected chi connectivity index (χ3v) is 22.6. The summed E-state index contributed by atoms with van der Waals surface area (Å²) in [6, 6.07) is 20.5. The van der Waals surface area contributed by atoms with Crippen LogP contribution in [0.15, 0.2) is 78.4 Å². The highest BCUT2D eigenvalue weighted by molar-refractivity contribution is 6.86. The molecule has 0 bridgehead atoms. The molecule has 0 spiro atoms. The smallest absolute Gasteiger partial charge is 0.345 e. The number of ether oxygens (including phenoxy) is 2. The Kier molecular flexibility index (Phi) is 15.2. The molecule has 2 aromatic rings. The first-order valence-electron chi connectivity index (χ1n) is 17.0. The number of rotatable bonds is 18. The van der Waals surface area contributed by atoms with Gasteiger partial charge in [-0.3, -0.25) is 0 Å². The molecule has 266 valence electrons. The van der Waals surface area contributed by atoms with Gasteiger partial charge in [0.15, 0.2) is 25.0 Å². The van der Waals surface area contributed by atoms with Gasteiger partial charge in [0.25, 0.3) is 10.0 Å². The fourth-order valence-electron chi connectivity index (χ4n) is 5.48. The highest BCUT2D eigenvalue weighted by Crippen LogP contribution is 2.52. The first-order chi connectivity index (χ1) is 22.1. The van der Waals surface area contributed by atoms with E-state index in [-0.39, 0.29) is 29.7 Å². The minimum Gasteiger partial charge on any atom is -0.462 e. The van der Waals surface area contributed by atoms with Crippen LogP contribution in [-0.4, -0.2) is 65.7 Å². The number of hydrogen-bond acceptors (Lipinski definition) is 7. The molecule has 2 unspecified atom stereocenters. The summed E-state index contributed by atoms with van der Waals surface area (Å²) in [7, 11) is -7.36. The highest BCUT2D eigenvalue weighted by Gasteiger charge is 2.56. The van der Waals surface area contributed by atoms with Crippen LogP contribution >= 0.6 is 0 Å². The second-order valence-corrected chi connectivity index (χ2v) is 30.7. The largest absolute Gasteiger partial charge is 0.462 e. The molecule has 2 rings (SSSR count). The third-order valence-electron chi connectivity index (χ3n) is 8.81. The quantitative estimate of drug-likeness (QED) is 0.0380. The molecule has 0 saturated heterocycles. The van der Waals surface area contributed by atoms with Crippen molar-refractivity contribution in [1.29, 1.82) is 0 Å². The van der Waals surface area contributed by atoms with Crippen LogP contribution in [0.3, 0.4) is 0 Å². The first-order valence-corrected chi connectivity index (χ1v) is 27.6. The number of hydrogen-bond donors (Lipinski definition) is 0. The second kappa shape index (κ2) is 17.5. The average Bonchev–Trinajstić information content (AvgIpc) is 2.97. The third kappa shape index (κ3) is 12.5. The molecule has 0 heterocycles. The van der Waals surface area contributed by atoms with Crippen molar-refractivity contribution >= 4 is 52.5 Å². The van der Waals surface area contributed by atoms with Crippen LogP contribution in [0, 0.1) is 5.92 Å². The number of esters is 2. The van der Waals surface area contributed by atoms with Crippen LogP contribution in [0.4, 0.5) is 0 Å². The van der Waals surface area contributed by atoms with E-state index >= 15 is 0 Å². The summed E-state index contributed by atoms with van der Waals surface area (Å²) >= 11 is 0. The van der Waals surface area contributed by atoms with Gasteiger partial charge in [-0.25, -0.2) is 9.59 Å². The van der Waals surface area contributed by atoms with Crippen molar-refractivity contribution in [2.45, 2.75) is 104 Å². The molecular formula is C37H60O7Si4. The van der Waals surface area contributed by atoms with E-state index in [1.165, 1.54) is 6.08 Å². The van der Waals surface area contributed by atoms with Gasteiger partial charge < -0.3 is 22.1 Å². The topological polar surface area (TPSA) is 80.3 Å². The van der Waals surface area contributed by atoms with Gasteiger partial charge >= 0.3 is 11.9 Å². The summed E-state index contributed by atoms with van der Waals surface area (Å²) < 4.78 is 31.0. The van der Waals surface area contributed by atoms with Gasteiger partial charge in [-0.1, -0.05) is 87.5 Å². The summed E-state index contributed by atoms with van der Waals surface area (Å²) in [6.07, 6.45) is 3.30. The van der Waals surface area contributed by atoms with E-state index in [0.29, 0.717) is 0 Å². The molecule has 0 radical (unpaired) electrons. The van der Waals surface area contributed by atoms with E-state index in [9.17, 15) is 9.59 Å². The lowest BCUT2D eigenvalue weighted by atomic mass is 9.93. The lowest BCUT2D eigenvalue weighted by Gasteiger charge is -2.54. The van der Waals surface area contributed by atoms with E-state index in [2.05, 4.69) is 80.4 Å². The Morgan fingerprint density at radius 2 is 1.27 bits per heavy atom. The van der Waals surface area contributed by atoms with Crippen LogP contribution < -0.4 is 0 Å². The fourth-order valence-corrected chi connectivity index (χ4v) is 18.0. The lowest BCUT2D eigenvalue weighted by Crippen LogP contribution is -2.60. The van der Waals surface area contributed by atoms with Gasteiger partial charge in [0.05, 0.1) is 18.8 Å². The predicted molar refractivity (Wildman–Crippen MR) is 208 cm³/mol. The van der Waals surface area contributed by atoms with Crippen molar-refractivity contribution in [2.24, 2.45) is 5.92 Å². The Labute approximate surface area is 295 Å². The van der Waals surface area contributed by atoms with Gasteiger partial charge in [0.1, 0.15) is 5.57 Å². The van der Waals surface area contributed by atoms with Gasteiger partial charge in [-0.2, -0.15) is 0 Å². The normalized spacial score (nSPS) is 15.1. The van der Waals surface area contributed by atoms with Crippen molar-refractivity contribution in [3.63, 3.8) is 0 Å². The number of carbonyl (C=O) groups is 2. The SMILES string of the molecule is CCOC(=O)/C(=C\C=C(c1ccccc1)c1ccccc1)C(=O)OCC(C)C[Si](C)(O[Si](C)(C)C)C(C)(C)C(C)(C)O[SiH2]O[Si](C)(C)C. The number of allylic oxidation sites excluding steroid dienone is 2. The monoisotopic (exact) mass is 728 g/mol. The molecule has 48 heavy (non-hydrogen) atoms. The van der Waals surface area contributed by atoms with Gasteiger partial charge in [0, 0.05) is 5.04 Å². The van der Waals surface area contributed by atoms with Crippen LogP contribution in [0.2, 0.25) is 56.9 Å². The van der Waals surface area contributed by atoms with Crippen molar-refractivity contribution in [3.8, 4) is 0 Å². The fraction of sp³-hybridized carbons (Fsp3) is 0.514. The summed E-state index contributed by atoms with van der Waals surface area (Å²) in [5, 5.41) is -0.291.